The minimum absolute atomic E-state index is 0.208. The average Bonchev–Trinajstić information content (AvgIpc) is 3.11. The van der Waals surface area contributed by atoms with Crippen LogP contribution in [0.15, 0.2) is 30.5 Å². The molecule has 3 rings (SSSR count). The van der Waals surface area contributed by atoms with E-state index in [9.17, 15) is 18.0 Å². The molecule has 0 spiro atoms. The van der Waals surface area contributed by atoms with E-state index in [1.807, 2.05) is 0 Å². The van der Waals surface area contributed by atoms with Gasteiger partial charge in [-0.15, -0.1) is 0 Å². The number of imidazole rings is 1. The van der Waals surface area contributed by atoms with Gasteiger partial charge in [-0.1, -0.05) is 24.3 Å². The predicted octanol–water partition coefficient (Wildman–Crippen LogP) is 3.36. The molecule has 0 bridgehead atoms. The number of aromatic nitrogens is 2. The monoisotopic (exact) mass is 325 g/mol. The first kappa shape index (κ1) is 15.4. The van der Waals surface area contributed by atoms with E-state index in [2.05, 4.69) is 10.3 Å². The van der Waals surface area contributed by atoms with Crippen LogP contribution in [-0.4, -0.2) is 20.8 Å². The maximum atomic E-state index is 12.7. The van der Waals surface area contributed by atoms with Crippen molar-refractivity contribution in [1.82, 2.24) is 14.9 Å². The van der Waals surface area contributed by atoms with Gasteiger partial charge in [0.25, 0.3) is 0 Å². The van der Waals surface area contributed by atoms with Gasteiger partial charge in [0.15, 0.2) is 5.69 Å². The first-order valence-corrected chi connectivity index (χ1v) is 6.94. The number of hydrogen-bond donors (Lipinski definition) is 2. The highest BCUT2D eigenvalue weighted by Crippen LogP contribution is 2.45. The van der Waals surface area contributed by atoms with Crippen LogP contribution in [-0.2, 0) is 18.8 Å². The first-order chi connectivity index (χ1) is 10.7. The molecule has 1 saturated carbocycles. The standard InChI is InChI=1S/C15H14F3N3O2/c1-21-8-11(15(16,17)18)19-12(21)9-2-4-10(5-3-9)14(6-7-14)20-13(22)23/h2-5,8,20H,6-7H2,1H3,(H,22,23). The molecule has 1 fully saturated rings. The Hall–Kier alpha value is -2.51. The van der Waals surface area contributed by atoms with E-state index in [1.54, 1.807) is 24.3 Å². The number of carbonyl (C=O) groups is 1. The van der Waals surface area contributed by atoms with E-state index in [0.29, 0.717) is 18.4 Å². The van der Waals surface area contributed by atoms with Crippen molar-refractivity contribution in [2.24, 2.45) is 7.05 Å². The van der Waals surface area contributed by atoms with Gasteiger partial charge in [-0.05, 0) is 18.4 Å². The highest BCUT2D eigenvalue weighted by Gasteiger charge is 2.45. The largest absolute Gasteiger partial charge is 0.465 e. The Bertz CT molecular complexity index is 746. The molecule has 1 heterocycles. The van der Waals surface area contributed by atoms with E-state index in [0.717, 1.165) is 11.8 Å². The smallest absolute Gasteiger partial charge is 0.434 e. The van der Waals surface area contributed by atoms with Gasteiger partial charge >= 0.3 is 12.3 Å². The minimum Gasteiger partial charge on any atom is -0.465 e. The number of carboxylic acid groups (broad SMARTS) is 1. The molecule has 1 aromatic heterocycles. The van der Waals surface area contributed by atoms with Crippen LogP contribution >= 0.6 is 0 Å². The molecule has 0 radical (unpaired) electrons. The van der Waals surface area contributed by atoms with Gasteiger partial charge in [0.05, 0.1) is 5.54 Å². The molecule has 2 aromatic rings. The average molecular weight is 325 g/mol. The summed E-state index contributed by atoms with van der Waals surface area (Å²) in [6.45, 7) is 0. The van der Waals surface area contributed by atoms with E-state index in [1.165, 1.54) is 11.6 Å². The SMILES string of the molecule is Cn1cc(C(F)(F)F)nc1-c1ccc(C2(NC(=O)O)CC2)cc1. The molecule has 1 aromatic carbocycles. The fourth-order valence-corrected chi connectivity index (χ4v) is 2.63. The van der Waals surface area contributed by atoms with E-state index in [4.69, 9.17) is 5.11 Å². The molecule has 5 nitrogen and oxygen atoms in total. The second kappa shape index (κ2) is 5.00. The van der Waals surface area contributed by atoms with Crippen molar-refractivity contribution < 1.29 is 23.1 Å². The Morgan fingerprint density at radius 3 is 2.35 bits per heavy atom. The summed E-state index contributed by atoms with van der Waals surface area (Å²) in [6, 6.07) is 6.75. The molecule has 2 N–H and O–H groups in total. The van der Waals surface area contributed by atoms with Crippen LogP contribution in [0.25, 0.3) is 11.4 Å². The maximum absolute atomic E-state index is 12.7. The summed E-state index contributed by atoms with van der Waals surface area (Å²) in [7, 11) is 1.50. The number of benzene rings is 1. The van der Waals surface area contributed by atoms with Crippen molar-refractivity contribution in [2.75, 3.05) is 0 Å². The summed E-state index contributed by atoms with van der Waals surface area (Å²) >= 11 is 0. The van der Waals surface area contributed by atoms with Gasteiger partial charge in [0, 0.05) is 18.8 Å². The Kier molecular flexibility index (Phi) is 3.35. The van der Waals surface area contributed by atoms with Crippen LogP contribution in [0, 0.1) is 0 Å². The quantitative estimate of drug-likeness (QED) is 0.909. The van der Waals surface area contributed by atoms with Crippen molar-refractivity contribution in [3.8, 4) is 11.4 Å². The minimum atomic E-state index is -4.49. The van der Waals surface area contributed by atoms with E-state index in [-0.39, 0.29) is 5.82 Å². The van der Waals surface area contributed by atoms with E-state index >= 15 is 0 Å². The maximum Gasteiger partial charge on any atom is 0.434 e. The number of rotatable bonds is 3. The van der Waals surface area contributed by atoms with Crippen LogP contribution < -0.4 is 5.32 Å². The lowest BCUT2D eigenvalue weighted by Crippen LogP contribution is -2.33. The fourth-order valence-electron chi connectivity index (χ4n) is 2.63. The van der Waals surface area contributed by atoms with Gasteiger partial charge in [-0.25, -0.2) is 9.78 Å². The fraction of sp³-hybridized carbons (Fsp3) is 0.333. The van der Waals surface area contributed by atoms with Crippen LogP contribution in [0.4, 0.5) is 18.0 Å². The molecular weight excluding hydrogens is 311 g/mol. The molecule has 0 saturated heterocycles. The highest BCUT2D eigenvalue weighted by molar-refractivity contribution is 5.67. The Balaban J connectivity index is 1.89. The molecule has 0 aliphatic heterocycles. The number of nitrogens with one attached hydrogen (secondary N) is 1. The van der Waals surface area contributed by atoms with Crippen molar-refractivity contribution in [3.05, 3.63) is 41.7 Å². The topological polar surface area (TPSA) is 67.2 Å². The zero-order valence-corrected chi connectivity index (χ0v) is 12.2. The molecule has 1 aliphatic carbocycles. The highest BCUT2D eigenvalue weighted by atomic mass is 19.4. The van der Waals surface area contributed by atoms with Crippen LogP contribution in [0.1, 0.15) is 24.1 Å². The lowest BCUT2D eigenvalue weighted by atomic mass is 10.0. The van der Waals surface area contributed by atoms with Crippen LogP contribution in [0.3, 0.4) is 0 Å². The van der Waals surface area contributed by atoms with Gasteiger partial charge in [0.2, 0.25) is 0 Å². The van der Waals surface area contributed by atoms with Crippen molar-refractivity contribution >= 4 is 6.09 Å². The number of halogens is 3. The number of aryl methyl sites for hydroxylation is 1. The third-order valence-electron chi connectivity index (χ3n) is 3.96. The molecule has 0 unspecified atom stereocenters. The second-order valence-corrected chi connectivity index (χ2v) is 5.65. The van der Waals surface area contributed by atoms with Gasteiger partial charge in [-0.3, -0.25) is 0 Å². The molecule has 1 aliphatic rings. The lowest BCUT2D eigenvalue weighted by molar-refractivity contribution is -0.140. The van der Waals surface area contributed by atoms with Crippen molar-refractivity contribution in [3.63, 3.8) is 0 Å². The molecular formula is C15H14F3N3O2. The number of alkyl halides is 3. The zero-order valence-electron chi connectivity index (χ0n) is 12.2. The predicted molar refractivity (Wildman–Crippen MR) is 75.7 cm³/mol. The molecule has 1 amide bonds. The molecule has 0 atom stereocenters. The van der Waals surface area contributed by atoms with E-state index < -0.39 is 23.5 Å². The molecule has 8 heteroatoms. The summed E-state index contributed by atoms with van der Waals surface area (Å²) in [5, 5.41) is 11.4. The molecule has 122 valence electrons. The first-order valence-electron chi connectivity index (χ1n) is 6.94. The Morgan fingerprint density at radius 1 is 1.30 bits per heavy atom. The lowest BCUT2D eigenvalue weighted by Gasteiger charge is -2.16. The van der Waals surface area contributed by atoms with Gasteiger partial charge < -0.3 is 15.0 Å². The Labute approximate surface area is 129 Å². The zero-order chi connectivity index (χ0) is 16.8. The second-order valence-electron chi connectivity index (χ2n) is 5.65. The summed E-state index contributed by atoms with van der Waals surface area (Å²) < 4.78 is 39.4. The molecule has 23 heavy (non-hydrogen) atoms. The summed E-state index contributed by atoms with van der Waals surface area (Å²) in [5.74, 6) is 0.208. The third kappa shape index (κ3) is 2.88. The summed E-state index contributed by atoms with van der Waals surface area (Å²) in [4.78, 5) is 14.5. The van der Waals surface area contributed by atoms with Gasteiger partial charge in [-0.2, -0.15) is 13.2 Å². The van der Waals surface area contributed by atoms with Crippen LogP contribution in [0.2, 0.25) is 0 Å². The summed E-state index contributed by atoms with van der Waals surface area (Å²) in [6.07, 6.45) is -3.22. The van der Waals surface area contributed by atoms with Crippen molar-refractivity contribution in [2.45, 2.75) is 24.6 Å². The third-order valence-corrected chi connectivity index (χ3v) is 3.96. The van der Waals surface area contributed by atoms with Crippen molar-refractivity contribution in [1.29, 1.82) is 0 Å². The van der Waals surface area contributed by atoms with Crippen LogP contribution in [0.5, 0.6) is 0 Å². The number of amides is 1. The van der Waals surface area contributed by atoms with Gasteiger partial charge in [0.1, 0.15) is 5.82 Å². The number of hydrogen-bond acceptors (Lipinski definition) is 2. The number of nitrogens with zero attached hydrogens (tertiary/aromatic N) is 2. The summed E-state index contributed by atoms with van der Waals surface area (Å²) in [5.41, 5.74) is -0.166. The normalized spacial score (nSPS) is 16.2. The Morgan fingerprint density at radius 2 is 1.91 bits per heavy atom.